The van der Waals surface area contributed by atoms with Crippen molar-refractivity contribution in [3.63, 3.8) is 0 Å². The zero-order valence-corrected chi connectivity index (χ0v) is 15.4. The van der Waals surface area contributed by atoms with Crippen LogP contribution in [-0.4, -0.2) is 15.3 Å². The topological polar surface area (TPSA) is 113 Å². The normalized spacial score (nSPS) is 9.48. The summed E-state index contributed by atoms with van der Waals surface area (Å²) in [4.78, 5) is 4.54. The number of amidine groups is 2. The van der Waals surface area contributed by atoms with Crippen LogP contribution in [0.3, 0.4) is 0 Å². The Labute approximate surface area is 146 Å². The Morgan fingerprint density at radius 3 is 1.52 bits per heavy atom. The summed E-state index contributed by atoms with van der Waals surface area (Å²) in [6.45, 7) is 5.99. The first kappa shape index (κ1) is 22.6. The van der Waals surface area contributed by atoms with Gasteiger partial charge in [0.25, 0.3) is 0 Å². The minimum absolute atomic E-state index is 0. The fourth-order valence-electron chi connectivity index (χ4n) is 1.84. The Morgan fingerprint density at radius 1 is 0.905 bits per heavy atom. The number of pyridine rings is 1. The van der Waals surface area contributed by atoms with Gasteiger partial charge in [-0.25, -0.2) is 0 Å². The van der Waals surface area contributed by atoms with Crippen molar-refractivity contribution in [1.29, 1.82) is 10.8 Å². The molecule has 0 aliphatic rings. The molecule has 21 heavy (non-hydrogen) atoms. The number of rotatable bonds is 4. The first-order valence-corrected chi connectivity index (χ1v) is 7.69. The van der Waals surface area contributed by atoms with Gasteiger partial charge in [-0.2, -0.15) is 0 Å². The van der Waals surface area contributed by atoms with Crippen LogP contribution in [0.4, 0.5) is 0 Å². The monoisotopic (exact) mass is 369 g/mol. The van der Waals surface area contributed by atoms with E-state index in [-0.39, 0.29) is 35.1 Å². The van der Waals surface area contributed by atoms with E-state index in [1.54, 1.807) is 0 Å². The molecule has 0 bridgehead atoms. The Hall–Kier alpha value is -0.630. The molecule has 0 radical (unpaired) electrons. The minimum Gasteiger partial charge on any atom is -0.379 e. The van der Waals surface area contributed by atoms with Gasteiger partial charge >= 0.3 is 0 Å². The second-order valence-electron chi connectivity index (χ2n) is 4.17. The molecule has 0 fully saturated rings. The van der Waals surface area contributed by atoms with Crippen LogP contribution < -0.4 is 11.5 Å². The zero-order valence-electron chi connectivity index (χ0n) is 12.1. The van der Waals surface area contributed by atoms with Crippen LogP contribution in [0, 0.1) is 31.6 Å². The van der Waals surface area contributed by atoms with E-state index in [4.69, 9.17) is 22.3 Å². The number of nitrogens with two attached hydrogens (primary N) is 2. The fourth-order valence-corrected chi connectivity index (χ4v) is 3.29. The number of aromatic nitrogens is 1. The van der Waals surface area contributed by atoms with Crippen LogP contribution in [0.1, 0.15) is 28.1 Å². The summed E-state index contributed by atoms with van der Waals surface area (Å²) in [6.07, 6.45) is 0. The average molecular weight is 370 g/mol. The molecule has 0 amide bonds. The van der Waals surface area contributed by atoms with Crippen molar-refractivity contribution in [1.82, 2.24) is 4.98 Å². The van der Waals surface area contributed by atoms with Crippen molar-refractivity contribution >= 4 is 58.7 Å². The molecule has 0 atom stereocenters. The average Bonchev–Trinajstić information content (AvgIpc) is 2.27. The number of hydrogen-bond acceptors (Lipinski definition) is 5. The smallest absolute Gasteiger partial charge is 0.151 e. The van der Waals surface area contributed by atoms with E-state index in [0.29, 0.717) is 11.5 Å². The standard InChI is InChI=1S/C12H19N5S2.2ClH/c1-6-9(4-18-11(13)14)7(2)17-8(3)10(6)5-19-12(15)16;;/h4-5H2,1-3H3,(H3,13,14)(H3,15,16);2*1H. The second-order valence-corrected chi connectivity index (χ2v) is 6.20. The molecule has 0 saturated heterocycles. The van der Waals surface area contributed by atoms with E-state index in [1.807, 2.05) is 20.8 Å². The third kappa shape index (κ3) is 6.78. The number of thioether (sulfide) groups is 2. The van der Waals surface area contributed by atoms with Crippen molar-refractivity contribution in [3.8, 4) is 0 Å². The van der Waals surface area contributed by atoms with E-state index < -0.39 is 0 Å². The summed E-state index contributed by atoms with van der Waals surface area (Å²) < 4.78 is 0. The highest BCUT2D eigenvalue weighted by Gasteiger charge is 2.13. The van der Waals surface area contributed by atoms with Gasteiger partial charge in [0.1, 0.15) is 0 Å². The predicted molar refractivity (Wildman–Crippen MR) is 99.4 cm³/mol. The predicted octanol–water partition coefficient (Wildman–Crippen LogP) is 3.10. The molecule has 0 unspecified atom stereocenters. The highest BCUT2D eigenvalue weighted by molar-refractivity contribution is 8.13. The van der Waals surface area contributed by atoms with E-state index in [0.717, 1.165) is 28.1 Å². The van der Waals surface area contributed by atoms with E-state index >= 15 is 0 Å². The molecule has 9 heteroatoms. The van der Waals surface area contributed by atoms with Gasteiger partial charge in [-0.3, -0.25) is 15.8 Å². The zero-order chi connectivity index (χ0) is 14.6. The molecule has 1 aromatic rings. The summed E-state index contributed by atoms with van der Waals surface area (Å²) in [6, 6.07) is 0. The number of nitrogens with one attached hydrogen (secondary N) is 2. The van der Waals surface area contributed by atoms with Gasteiger partial charge in [-0.1, -0.05) is 23.5 Å². The third-order valence-corrected chi connectivity index (χ3v) is 4.35. The molecule has 1 heterocycles. The van der Waals surface area contributed by atoms with Gasteiger partial charge < -0.3 is 11.5 Å². The van der Waals surface area contributed by atoms with Crippen molar-refractivity contribution in [3.05, 3.63) is 28.1 Å². The first-order valence-electron chi connectivity index (χ1n) is 5.72. The second kappa shape index (κ2) is 10.2. The lowest BCUT2D eigenvalue weighted by Crippen LogP contribution is -2.09. The van der Waals surface area contributed by atoms with Gasteiger partial charge in [-0.05, 0) is 37.5 Å². The van der Waals surface area contributed by atoms with Crippen molar-refractivity contribution in [2.45, 2.75) is 32.3 Å². The molecule has 0 saturated carbocycles. The molecule has 6 N–H and O–H groups in total. The molecular weight excluding hydrogens is 349 g/mol. The maximum absolute atomic E-state index is 7.29. The number of hydrogen-bond donors (Lipinski definition) is 4. The van der Waals surface area contributed by atoms with Crippen molar-refractivity contribution < 1.29 is 0 Å². The summed E-state index contributed by atoms with van der Waals surface area (Å²) in [7, 11) is 0. The number of halogens is 2. The van der Waals surface area contributed by atoms with Gasteiger partial charge in [0.05, 0.1) is 0 Å². The van der Waals surface area contributed by atoms with Crippen LogP contribution in [0.25, 0.3) is 0 Å². The summed E-state index contributed by atoms with van der Waals surface area (Å²) in [5.74, 6) is 1.30. The molecule has 0 aliphatic heterocycles. The third-order valence-electron chi connectivity index (χ3n) is 2.86. The largest absolute Gasteiger partial charge is 0.379 e. The molecule has 0 spiro atoms. The number of nitrogens with zero attached hydrogens (tertiary/aromatic N) is 1. The van der Waals surface area contributed by atoms with Gasteiger partial charge in [0.15, 0.2) is 10.3 Å². The summed E-state index contributed by atoms with van der Waals surface area (Å²) in [5.41, 5.74) is 16.1. The summed E-state index contributed by atoms with van der Waals surface area (Å²) in [5, 5.41) is 14.8. The van der Waals surface area contributed by atoms with E-state index in [2.05, 4.69) is 4.98 Å². The Morgan fingerprint density at radius 2 is 1.24 bits per heavy atom. The Balaban J connectivity index is 0. The Bertz CT molecular complexity index is 481. The van der Waals surface area contributed by atoms with Crippen LogP contribution >= 0.6 is 48.3 Å². The van der Waals surface area contributed by atoms with Gasteiger partial charge in [0, 0.05) is 22.9 Å². The molecule has 1 aromatic heterocycles. The van der Waals surface area contributed by atoms with Crippen molar-refractivity contribution in [2.75, 3.05) is 0 Å². The van der Waals surface area contributed by atoms with E-state index in [1.165, 1.54) is 23.5 Å². The number of aryl methyl sites for hydroxylation is 2. The maximum Gasteiger partial charge on any atom is 0.151 e. The first-order chi connectivity index (χ1) is 8.82. The van der Waals surface area contributed by atoms with E-state index in [9.17, 15) is 0 Å². The lowest BCUT2D eigenvalue weighted by Gasteiger charge is -2.15. The lowest BCUT2D eigenvalue weighted by molar-refractivity contribution is 1.02. The summed E-state index contributed by atoms with van der Waals surface area (Å²) >= 11 is 2.60. The molecule has 1 rings (SSSR count). The maximum atomic E-state index is 7.29. The highest BCUT2D eigenvalue weighted by Crippen LogP contribution is 2.26. The van der Waals surface area contributed by atoms with Crippen molar-refractivity contribution in [2.24, 2.45) is 11.5 Å². The van der Waals surface area contributed by atoms with Crippen LogP contribution in [0.5, 0.6) is 0 Å². The SMILES string of the molecule is Cc1nc(C)c(CSC(=N)N)c(C)c1CSC(=N)N.Cl.Cl. The fraction of sp³-hybridized carbons (Fsp3) is 0.417. The van der Waals surface area contributed by atoms with Gasteiger partial charge in [-0.15, -0.1) is 24.8 Å². The molecule has 0 aliphatic carbocycles. The lowest BCUT2D eigenvalue weighted by atomic mass is 10.0. The highest BCUT2D eigenvalue weighted by atomic mass is 35.5. The molecule has 120 valence electrons. The quantitative estimate of drug-likeness (QED) is 0.481. The molecule has 5 nitrogen and oxygen atoms in total. The van der Waals surface area contributed by atoms with Gasteiger partial charge in [0.2, 0.25) is 0 Å². The minimum atomic E-state index is 0. The van der Waals surface area contributed by atoms with Crippen LogP contribution in [0.2, 0.25) is 0 Å². The van der Waals surface area contributed by atoms with Crippen LogP contribution in [0.15, 0.2) is 0 Å². The molecule has 0 aromatic carbocycles. The Kier molecular flexibility index (Phi) is 11.0. The van der Waals surface area contributed by atoms with Crippen LogP contribution in [-0.2, 0) is 11.5 Å². The molecular formula is C12H21Cl2N5S2.